The third kappa shape index (κ3) is 2.03. The Morgan fingerprint density at radius 2 is 1.72 bits per heavy atom. The lowest BCUT2D eigenvalue weighted by atomic mass is 10.2. The number of halogens is 1. The summed E-state index contributed by atoms with van der Waals surface area (Å²) in [7, 11) is 0. The highest BCUT2D eigenvalue weighted by Crippen LogP contribution is 2.17. The maximum Gasteiger partial charge on any atom is 0.281 e. The van der Waals surface area contributed by atoms with E-state index >= 15 is 0 Å². The van der Waals surface area contributed by atoms with Crippen molar-refractivity contribution in [1.82, 2.24) is 9.97 Å². The van der Waals surface area contributed by atoms with Gasteiger partial charge in [-0.05, 0) is 46.9 Å². The zero-order chi connectivity index (χ0) is 12.5. The molecule has 0 unspecified atom stereocenters. The second-order valence-electron chi connectivity index (χ2n) is 3.94. The minimum absolute atomic E-state index is 0.196. The fraction of sp³-hybridized carbons (Fsp3) is 0. The molecule has 4 heteroatoms. The minimum atomic E-state index is -0.196. The second-order valence-corrected chi connectivity index (χ2v) is 5.19. The molecule has 0 aliphatic carbocycles. The first-order chi connectivity index (χ1) is 8.74. The number of aromatic nitrogens is 2. The van der Waals surface area contributed by atoms with Gasteiger partial charge in [0, 0.05) is 9.13 Å². The van der Waals surface area contributed by atoms with E-state index in [4.69, 9.17) is 0 Å². The van der Waals surface area contributed by atoms with Gasteiger partial charge in [0.1, 0.15) is 5.82 Å². The Hall–Kier alpha value is -1.69. The molecule has 0 amide bonds. The highest BCUT2D eigenvalue weighted by Gasteiger charge is 2.04. The number of aromatic amines is 1. The van der Waals surface area contributed by atoms with Gasteiger partial charge < -0.3 is 4.98 Å². The van der Waals surface area contributed by atoms with Gasteiger partial charge in [0.2, 0.25) is 0 Å². The summed E-state index contributed by atoms with van der Waals surface area (Å²) >= 11 is 2.24. The fourth-order valence-corrected chi connectivity index (χ4v) is 2.20. The van der Waals surface area contributed by atoms with Crippen molar-refractivity contribution in [2.24, 2.45) is 0 Å². The molecule has 0 saturated carbocycles. The molecular weight excluding hydrogens is 339 g/mol. The van der Waals surface area contributed by atoms with Crippen LogP contribution in [0.5, 0.6) is 0 Å². The number of hydrogen-bond acceptors (Lipinski definition) is 2. The molecule has 88 valence electrons. The molecule has 3 rings (SSSR count). The van der Waals surface area contributed by atoms with Crippen LogP contribution in [0.15, 0.2) is 53.3 Å². The highest BCUT2D eigenvalue weighted by atomic mass is 127. The number of rotatable bonds is 1. The van der Waals surface area contributed by atoms with E-state index in [9.17, 15) is 4.79 Å². The molecule has 0 fully saturated rings. The van der Waals surface area contributed by atoms with Gasteiger partial charge in [-0.25, -0.2) is 0 Å². The Labute approximate surface area is 117 Å². The summed E-state index contributed by atoms with van der Waals surface area (Å²) in [5, 5.41) is 0.617. The van der Waals surface area contributed by atoms with E-state index in [-0.39, 0.29) is 5.56 Å². The van der Waals surface area contributed by atoms with Gasteiger partial charge in [-0.2, -0.15) is 4.98 Å². The smallest absolute Gasteiger partial charge is 0.281 e. The normalized spacial score (nSPS) is 10.7. The number of nitrogens with zero attached hydrogens (tertiary/aromatic N) is 1. The first-order valence-electron chi connectivity index (χ1n) is 5.49. The zero-order valence-electron chi connectivity index (χ0n) is 9.35. The van der Waals surface area contributed by atoms with Gasteiger partial charge in [-0.15, -0.1) is 0 Å². The van der Waals surface area contributed by atoms with Crippen LogP contribution < -0.4 is 5.56 Å². The molecule has 18 heavy (non-hydrogen) atoms. The van der Waals surface area contributed by atoms with Crippen LogP contribution >= 0.6 is 22.6 Å². The molecule has 0 radical (unpaired) electrons. The van der Waals surface area contributed by atoms with Gasteiger partial charge in [-0.1, -0.05) is 24.3 Å². The average molecular weight is 348 g/mol. The lowest BCUT2D eigenvalue weighted by molar-refractivity contribution is 1.18. The Kier molecular flexibility index (Phi) is 2.87. The molecule has 2 aromatic carbocycles. The predicted molar refractivity (Wildman–Crippen MR) is 80.5 cm³/mol. The first-order valence-corrected chi connectivity index (χ1v) is 6.57. The first kappa shape index (κ1) is 11.4. The van der Waals surface area contributed by atoms with Crippen molar-refractivity contribution in [3.8, 4) is 11.4 Å². The van der Waals surface area contributed by atoms with Gasteiger partial charge in [-0.3, -0.25) is 4.79 Å². The molecule has 0 bridgehead atoms. The van der Waals surface area contributed by atoms with Crippen LogP contribution in [0.2, 0.25) is 0 Å². The predicted octanol–water partition coefficient (Wildman–Crippen LogP) is 3.19. The SMILES string of the molecule is O=c1nc(-c2ccc(I)cc2)[nH]c2ccccc12. The summed E-state index contributed by atoms with van der Waals surface area (Å²) in [4.78, 5) is 19.2. The number of benzene rings is 2. The van der Waals surface area contributed by atoms with Gasteiger partial charge in [0.05, 0.1) is 10.9 Å². The number of H-pyrrole nitrogens is 1. The number of hydrogen-bond donors (Lipinski definition) is 1. The van der Waals surface area contributed by atoms with Crippen molar-refractivity contribution in [2.45, 2.75) is 0 Å². The molecule has 1 heterocycles. The van der Waals surface area contributed by atoms with Crippen LogP contribution in [0.4, 0.5) is 0 Å². The third-order valence-corrected chi connectivity index (χ3v) is 3.46. The van der Waals surface area contributed by atoms with Crippen LogP contribution in [-0.4, -0.2) is 9.97 Å². The largest absolute Gasteiger partial charge is 0.339 e. The third-order valence-electron chi connectivity index (χ3n) is 2.74. The molecule has 3 nitrogen and oxygen atoms in total. The van der Waals surface area contributed by atoms with Crippen LogP contribution in [0.25, 0.3) is 22.3 Å². The molecular formula is C14H9IN2O. The maximum absolute atomic E-state index is 11.9. The molecule has 0 aliphatic rings. The summed E-state index contributed by atoms with van der Waals surface area (Å²) in [6.45, 7) is 0. The molecule has 0 saturated heterocycles. The minimum Gasteiger partial charge on any atom is -0.339 e. The van der Waals surface area contributed by atoms with Crippen molar-refractivity contribution < 1.29 is 0 Å². The van der Waals surface area contributed by atoms with Gasteiger partial charge in [0.15, 0.2) is 0 Å². The Morgan fingerprint density at radius 1 is 1.00 bits per heavy atom. The van der Waals surface area contributed by atoms with Crippen molar-refractivity contribution in [1.29, 1.82) is 0 Å². The Bertz CT molecular complexity index is 763. The van der Waals surface area contributed by atoms with Crippen molar-refractivity contribution in [2.75, 3.05) is 0 Å². The van der Waals surface area contributed by atoms with E-state index in [1.165, 1.54) is 0 Å². The van der Waals surface area contributed by atoms with E-state index in [1.807, 2.05) is 42.5 Å². The zero-order valence-corrected chi connectivity index (χ0v) is 11.5. The molecule has 0 atom stereocenters. The summed E-state index contributed by atoms with van der Waals surface area (Å²) in [6.07, 6.45) is 0. The fourth-order valence-electron chi connectivity index (χ4n) is 1.84. The standard InChI is InChI=1S/C14H9IN2O/c15-10-7-5-9(6-8-10)13-16-12-4-2-1-3-11(12)14(18)17-13/h1-8H,(H,16,17,18). The summed E-state index contributed by atoms with van der Waals surface area (Å²) < 4.78 is 1.15. The summed E-state index contributed by atoms with van der Waals surface area (Å²) in [6, 6.07) is 15.3. The van der Waals surface area contributed by atoms with E-state index in [1.54, 1.807) is 6.07 Å². The van der Waals surface area contributed by atoms with Crippen molar-refractivity contribution >= 4 is 33.5 Å². The van der Waals surface area contributed by atoms with Crippen LogP contribution in [-0.2, 0) is 0 Å². The number of nitrogens with one attached hydrogen (secondary N) is 1. The Morgan fingerprint density at radius 3 is 2.50 bits per heavy atom. The lowest BCUT2D eigenvalue weighted by Gasteiger charge is -2.03. The van der Waals surface area contributed by atoms with Gasteiger partial charge >= 0.3 is 0 Å². The monoisotopic (exact) mass is 348 g/mol. The molecule has 1 aromatic heterocycles. The van der Waals surface area contributed by atoms with Crippen molar-refractivity contribution in [3.63, 3.8) is 0 Å². The van der Waals surface area contributed by atoms with E-state index < -0.39 is 0 Å². The quantitative estimate of drug-likeness (QED) is 0.687. The lowest BCUT2D eigenvalue weighted by Crippen LogP contribution is -2.09. The molecule has 3 aromatic rings. The molecule has 0 spiro atoms. The van der Waals surface area contributed by atoms with Crippen LogP contribution in [0.3, 0.4) is 0 Å². The van der Waals surface area contributed by atoms with E-state index in [2.05, 4.69) is 32.6 Å². The van der Waals surface area contributed by atoms with E-state index in [0.29, 0.717) is 11.2 Å². The summed E-state index contributed by atoms with van der Waals surface area (Å²) in [5.41, 5.74) is 1.53. The van der Waals surface area contributed by atoms with Crippen LogP contribution in [0, 0.1) is 3.57 Å². The number of fused-ring (bicyclic) bond motifs is 1. The highest BCUT2D eigenvalue weighted by molar-refractivity contribution is 14.1. The van der Waals surface area contributed by atoms with E-state index in [0.717, 1.165) is 14.7 Å². The van der Waals surface area contributed by atoms with Crippen molar-refractivity contribution in [3.05, 3.63) is 62.5 Å². The Balaban J connectivity index is 2.24. The number of para-hydroxylation sites is 1. The molecule has 0 aliphatic heterocycles. The summed E-state index contributed by atoms with van der Waals surface area (Å²) in [5.74, 6) is 0.607. The second kappa shape index (κ2) is 4.53. The average Bonchev–Trinajstić information content (AvgIpc) is 2.39. The van der Waals surface area contributed by atoms with Gasteiger partial charge in [0.25, 0.3) is 5.56 Å². The van der Waals surface area contributed by atoms with Crippen LogP contribution in [0.1, 0.15) is 0 Å². The maximum atomic E-state index is 11.9. The molecule has 1 N–H and O–H groups in total. The topological polar surface area (TPSA) is 45.8 Å².